The molecule has 80 valence electrons. The van der Waals surface area contributed by atoms with E-state index in [2.05, 4.69) is 47.2 Å². The summed E-state index contributed by atoms with van der Waals surface area (Å²) >= 11 is 11.3. The van der Waals surface area contributed by atoms with E-state index in [1.807, 2.05) is 0 Å². The maximum atomic E-state index is 6.12. The van der Waals surface area contributed by atoms with E-state index in [4.69, 9.17) is 11.6 Å². The second kappa shape index (κ2) is 6.11. The fourth-order valence-corrected chi connectivity index (χ4v) is 2.58. The van der Waals surface area contributed by atoms with Crippen molar-refractivity contribution in [2.45, 2.75) is 25.8 Å². The molecule has 0 aromatic carbocycles. The van der Waals surface area contributed by atoms with E-state index in [0.29, 0.717) is 5.92 Å². The summed E-state index contributed by atoms with van der Waals surface area (Å²) in [6.07, 6.45) is 0. The molecule has 0 aliphatic heterocycles. The molecule has 1 unspecified atom stereocenters. The van der Waals surface area contributed by atoms with Gasteiger partial charge in [-0.1, -0.05) is 13.8 Å². The molecule has 0 amide bonds. The minimum absolute atomic E-state index is 0.221. The number of hydrogen-bond acceptors (Lipinski definition) is 2. The van der Waals surface area contributed by atoms with Crippen LogP contribution in [0, 0.1) is 5.92 Å². The lowest BCUT2D eigenvalue weighted by Crippen LogP contribution is -2.25. The fraction of sp³-hybridized carbons (Fsp3) is 0.600. The van der Waals surface area contributed by atoms with Crippen LogP contribution in [-0.2, 0) is 6.54 Å². The number of alkyl halides is 1. The van der Waals surface area contributed by atoms with E-state index in [-0.39, 0.29) is 5.38 Å². The monoisotopic (exact) mass is 295 g/mol. The van der Waals surface area contributed by atoms with Gasteiger partial charge in [0.1, 0.15) is 0 Å². The smallest absolute Gasteiger partial charge is 0.0701 e. The van der Waals surface area contributed by atoms with Gasteiger partial charge in [-0.25, -0.2) is 0 Å². The zero-order chi connectivity index (χ0) is 10.6. The molecule has 1 rings (SSSR count). The molecule has 0 aliphatic rings. The van der Waals surface area contributed by atoms with Crippen molar-refractivity contribution >= 4 is 38.9 Å². The van der Waals surface area contributed by atoms with Crippen LogP contribution >= 0.6 is 38.9 Å². The van der Waals surface area contributed by atoms with Gasteiger partial charge in [-0.15, -0.1) is 22.9 Å². The molecule has 1 aromatic heterocycles. The second-order valence-corrected chi connectivity index (χ2v) is 6.70. The maximum absolute atomic E-state index is 6.12. The van der Waals surface area contributed by atoms with Gasteiger partial charge in [-0.3, -0.25) is 0 Å². The Labute approximate surface area is 103 Å². The molecule has 0 radical (unpaired) electrons. The Morgan fingerprint density at radius 1 is 1.50 bits per heavy atom. The Kier molecular flexibility index (Phi) is 5.45. The Balaban J connectivity index is 2.22. The van der Waals surface area contributed by atoms with Crippen molar-refractivity contribution in [3.8, 4) is 0 Å². The summed E-state index contributed by atoms with van der Waals surface area (Å²) in [6.45, 7) is 6.06. The zero-order valence-electron chi connectivity index (χ0n) is 8.39. The molecule has 0 fully saturated rings. The highest BCUT2D eigenvalue weighted by atomic mass is 79.9. The van der Waals surface area contributed by atoms with Crippen molar-refractivity contribution in [3.05, 3.63) is 20.8 Å². The van der Waals surface area contributed by atoms with Crippen LogP contribution in [0.1, 0.15) is 18.7 Å². The minimum Gasteiger partial charge on any atom is -0.310 e. The lowest BCUT2D eigenvalue weighted by Gasteiger charge is -2.13. The van der Waals surface area contributed by atoms with Gasteiger partial charge in [0.2, 0.25) is 0 Å². The lowest BCUT2D eigenvalue weighted by molar-refractivity contribution is 0.547. The summed E-state index contributed by atoms with van der Waals surface area (Å²) in [6, 6.07) is 4.20. The van der Waals surface area contributed by atoms with Crippen LogP contribution in [0.15, 0.2) is 15.9 Å². The molecule has 4 heteroatoms. The topological polar surface area (TPSA) is 12.0 Å². The second-order valence-electron chi connectivity index (χ2n) is 3.60. The first-order valence-corrected chi connectivity index (χ1v) is 6.73. The van der Waals surface area contributed by atoms with Crippen molar-refractivity contribution in [1.29, 1.82) is 0 Å². The quantitative estimate of drug-likeness (QED) is 0.814. The van der Waals surface area contributed by atoms with Gasteiger partial charge in [0.25, 0.3) is 0 Å². The average molecular weight is 297 g/mol. The largest absolute Gasteiger partial charge is 0.310 e. The van der Waals surface area contributed by atoms with E-state index in [1.54, 1.807) is 11.3 Å². The minimum atomic E-state index is 0.221. The van der Waals surface area contributed by atoms with E-state index in [1.165, 1.54) is 8.66 Å². The first-order chi connectivity index (χ1) is 6.59. The van der Waals surface area contributed by atoms with E-state index in [0.717, 1.165) is 13.1 Å². The highest BCUT2D eigenvalue weighted by molar-refractivity contribution is 9.11. The molecule has 1 N–H and O–H groups in total. The van der Waals surface area contributed by atoms with E-state index in [9.17, 15) is 0 Å². The van der Waals surface area contributed by atoms with E-state index >= 15 is 0 Å². The predicted octanol–water partition coefficient (Wildman–Crippen LogP) is 3.86. The summed E-state index contributed by atoms with van der Waals surface area (Å²) in [5, 5.41) is 3.57. The number of thiophene rings is 1. The first-order valence-electron chi connectivity index (χ1n) is 4.68. The van der Waals surface area contributed by atoms with Crippen LogP contribution in [0.5, 0.6) is 0 Å². The highest BCUT2D eigenvalue weighted by Crippen LogP contribution is 2.21. The van der Waals surface area contributed by atoms with Crippen molar-refractivity contribution in [3.63, 3.8) is 0 Å². The summed E-state index contributed by atoms with van der Waals surface area (Å²) in [7, 11) is 0. The molecule has 1 atom stereocenters. The lowest BCUT2D eigenvalue weighted by atomic mass is 10.1. The molecule has 0 aliphatic carbocycles. The SMILES string of the molecule is CC(C)C(Cl)CNCc1ccc(Br)s1. The Morgan fingerprint density at radius 2 is 2.21 bits per heavy atom. The maximum Gasteiger partial charge on any atom is 0.0701 e. The third-order valence-electron chi connectivity index (χ3n) is 1.99. The summed E-state index contributed by atoms with van der Waals surface area (Å²) in [4.78, 5) is 1.34. The van der Waals surface area contributed by atoms with Crippen LogP contribution in [0.2, 0.25) is 0 Å². The molecule has 0 bridgehead atoms. The summed E-state index contributed by atoms with van der Waals surface area (Å²) in [5.41, 5.74) is 0. The third kappa shape index (κ3) is 4.30. The number of hydrogen-bond donors (Lipinski definition) is 1. The van der Waals surface area contributed by atoms with Gasteiger partial charge in [0.05, 0.1) is 3.79 Å². The predicted molar refractivity (Wildman–Crippen MR) is 68.2 cm³/mol. The van der Waals surface area contributed by atoms with Crippen molar-refractivity contribution in [1.82, 2.24) is 5.32 Å². The van der Waals surface area contributed by atoms with Crippen molar-refractivity contribution in [2.24, 2.45) is 5.92 Å². The van der Waals surface area contributed by atoms with Gasteiger partial charge in [-0.05, 0) is 34.0 Å². The molecule has 1 nitrogen and oxygen atoms in total. The van der Waals surface area contributed by atoms with E-state index < -0.39 is 0 Å². The average Bonchev–Trinajstić information content (AvgIpc) is 2.51. The number of halogens is 2. The van der Waals surface area contributed by atoms with Crippen LogP contribution in [0.25, 0.3) is 0 Å². The Hall–Kier alpha value is 0.430. The molecular formula is C10H15BrClNS. The van der Waals surface area contributed by atoms with Gasteiger partial charge in [0.15, 0.2) is 0 Å². The van der Waals surface area contributed by atoms with Crippen LogP contribution in [0.3, 0.4) is 0 Å². The number of rotatable bonds is 5. The van der Waals surface area contributed by atoms with Crippen LogP contribution in [0.4, 0.5) is 0 Å². The van der Waals surface area contributed by atoms with Gasteiger partial charge >= 0.3 is 0 Å². The normalized spacial score (nSPS) is 13.5. The first kappa shape index (κ1) is 12.5. The molecule has 1 aromatic rings. The van der Waals surface area contributed by atoms with Gasteiger partial charge in [-0.2, -0.15) is 0 Å². The van der Waals surface area contributed by atoms with Crippen molar-refractivity contribution < 1.29 is 0 Å². The molecule has 0 spiro atoms. The Bertz CT molecular complexity index is 275. The van der Waals surface area contributed by atoms with Gasteiger partial charge < -0.3 is 5.32 Å². The molecule has 0 saturated heterocycles. The van der Waals surface area contributed by atoms with Crippen LogP contribution in [-0.4, -0.2) is 11.9 Å². The third-order valence-corrected chi connectivity index (χ3v) is 4.27. The van der Waals surface area contributed by atoms with Crippen molar-refractivity contribution in [2.75, 3.05) is 6.54 Å². The molecular weight excluding hydrogens is 282 g/mol. The molecule has 0 saturated carbocycles. The van der Waals surface area contributed by atoms with Gasteiger partial charge in [0, 0.05) is 23.3 Å². The highest BCUT2D eigenvalue weighted by Gasteiger charge is 2.08. The Morgan fingerprint density at radius 3 is 2.71 bits per heavy atom. The summed E-state index contributed by atoms with van der Waals surface area (Å²) < 4.78 is 1.18. The van der Waals surface area contributed by atoms with Crippen LogP contribution < -0.4 is 5.32 Å². The zero-order valence-corrected chi connectivity index (χ0v) is 11.5. The molecule has 14 heavy (non-hydrogen) atoms. The fourth-order valence-electron chi connectivity index (χ4n) is 1.02. The standard InChI is InChI=1S/C10H15BrClNS/c1-7(2)9(12)6-13-5-8-3-4-10(11)14-8/h3-4,7,9,13H,5-6H2,1-2H3. The molecule has 1 heterocycles. The number of nitrogens with one attached hydrogen (secondary N) is 1. The summed E-state index contributed by atoms with van der Waals surface area (Å²) in [5.74, 6) is 0.527.